The maximum atomic E-state index is 11.4. The Hall–Kier alpha value is -2.62. The average Bonchev–Trinajstić information content (AvgIpc) is 2.96. The molecule has 0 bridgehead atoms. The lowest BCUT2D eigenvalue weighted by molar-refractivity contribution is -0.0739. The SMILES string of the molecule is O[C@H]1[C@@H](OCc2ccccc2)CCC[C@@H]1N1c2ccccc2CCc2ccccc21. The molecule has 1 N–H and O–H groups in total. The average molecular weight is 400 g/mol. The molecule has 1 heterocycles. The van der Waals surface area contributed by atoms with E-state index in [1.54, 1.807) is 0 Å². The Morgan fingerprint density at radius 2 is 1.37 bits per heavy atom. The molecule has 1 aliphatic heterocycles. The van der Waals surface area contributed by atoms with Crippen molar-refractivity contribution in [2.24, 2.45) is 0 Å². The molecule has 0 amide bonds. The molecule has 30 heavy (non-hydrogen) atoms. The van der Waals surface area contributed by atoms with Gasteiger partial charge in [-0.05, 0) is 60.9 Å². The number of anilines is 2. The van der Waals surface area contributed by atoms with Gasteiger partial charge in [-0.1, -0.05) is 66.7 Å². The second-order valence-electron chi connectivity index (χ2n) is 8.45. The maximum absolute atomic E-state index is 11.4. The van der Waals surface area contributed by atoms with E-state index in [2.05, 4.69) is 65.6 Å². The standard InChI is InChI=1S/C27H29NO2/c29-27-25(15-8-16-26(27)30-19-20-9-2-1-3-10-20)28-23-13-6-4-11-21(23)17-18-22-12-5-7-14-24(22)28/h1-7,9-14,25-27,29H,8,15-19H2/t25-,26-,27+/m0/s1. The number of benzene rings is 3. The Labute approximate surface area is 178 Å². The molecule has 5 rings (SSSR count). The van der Waals surface area contributed by atoms with Gasteiger partial charge in [-0.25, -0.2) is 0 Å². The fourth-order valence-electron chi connectivity index (χ4n) is 5.03. The van der Waals surface area contributed by atoms with Crippen molar-refractivity contribution in [3.63, 3.8) is 0 Å². The Kier molecular flexibility index (Phi) is 5.56. The molecule has 3 aromatic carbocycles. The normalized spacial score (nSPS) is 23.4. The Balaban J connectivity index is 1.45. The molecule has 0 aromatic heterocycles. The monoisotopic (exact) mass is 399 g/mol. The van der Waals surface area contributed by atoms with E-state index in [0.29, 0.717) is 6.61 Å². The molecule has 1 fully saturated rings. The number of para-hydroxylation sites is 2. The largest absolute Gasteiger partial charge is 0.388 e. The van der Waals surface area contributed by atoms with Crippen LogP contribution in [-0.4, -0.2) is 23.4 Å². The summed E-state index contributed by atoms with van der Waals surface area (Å²) in [6, 6.07) is 27.6. The Morgan fingerprint density at radius 1 is 0.767 bits per heavy atom. The third-order valence-electron chi connectivity index (χ3n) is 6.57. The predicted molar refractivity (Wildman–Crippen MR) is 121 cm³/mol. The zero-order valence-corrected chi connectivity index (χ0v) is 17.3. The van der Waals surface area contributed by atoms with Crippen LogP contribution < -0.4 is 4.90 Å². The first-order chi connectivity index (χ1) is 14.8. The van der Waals surface area contributed by atoms with E-state index in [9.17, 15) is 5.11 Å². The topological polar surface area (TPSA) is 32.7 Å². The lowest BCUT2D eigenvalue weighted by Crippen LogP contribution is -2.50. The van der Waals surface area contributed by atoms with Gasteiger partial charge in [-0.2, -0.15) is 0 Å². The highest BCUT2D eigenvalue weighted by Gasteiger charge is 2.38. The van der Waals surface area contributed by atoms with Gasteiger partial charge in [-0.3, -0.25) is 0 Å². The van der Waals surface area contributed by atoms with Crippen LogP contribution in [0.5, 0.6) is 0 Å². The summed E-state index contributed by atoms with van der Waals surface area (Å²) in [7, 11) is 0. The summed E-state index contributed by atoms with van der Waals surface area (Å²) in [6.07, 6.45) is 4.31. The van der Waals surface area contributed by atoms with Gasteiger partial charge < -0.3 is 14.7 Å². The molecule has 0 unspecified atom stereocenters. The highest BCUT2D eigenvalue weighted by molar-refractivity contribution is 5.72. The van der Waals surface area contributed by atoms with Crippen LogP contribution in [0.15, 0.2) is 78.9 Å². The van der Waals surface area contributed by atoms with E-state index < -0.39 is 6.10 Å². The summed E-state index contributed by atoms with van der Waals surface area (Å²) in [5.74, 6) is 0. The lowest BCUT2D eigenvalue weighted by Gasteiger charge is -2.43. The van der Waals surface area contributed by atoms with Crippen LogP contribution in [0.2, 0.25) is 0 Å². The maximum Gasteiger partial charge on any atom is 0.101 e. The second-order valence-corrected chi connectivity index (χ2v) is 8.45. The molecule has 3 nitrogen and oxygen atoms in total. The van der Waals surface area contributed by atoms with Crippen molar-refractivity contribution in [2.75, 3.05) is 4.90 Å². The zero-order chi connectivity index (χ0) is 20.3. The van der Waals surface area contributed by atoms with Crippen LogP contribution in [0, 0.1) is 0 Å². The first kappa shape index (κ1) is 19.3. The summed E-state index contributed by atoms with van der Waals surface area (Å²) in [4.78, 5) is 2.40. The van der Waals surface area contributed by atoms with Gasteiger partial charge >= 0.3 is 0 Å². The third-order valence-corrected chi connectivity index (χ3v) is 6.57. The highest BCUT2D eigenvalue weighted by atomic mass is 16.5. The summed E-state index contributed by atoms with van der Waals surface area (Å²) < 4.78 is 6.23. The zero-order valence-electron chi connectivity index (χ0n) is 17.3. The predicted octanol–water partition coefficient (Wildman–Crippen LogP) is 5.42. The van der Waals surface area contributed by atoms with Crippen LogP contribution in [0.25, 0.3) is 0 Å². The van der Waals surface area contributed by atoms with Crippen molar-refractivity contribution >= 4 is 11.4 Å². The van der Waals surface area contributed by atoms with Gasteiger partial charge in [-0.15, -0.1) is 0 Å². The quantitative estimate of drug-likeness (QED) is 0.636. The number of hydrogen-bond donors (Lipinski definition) is 1. The van der Waals surface area contributed by atoms with E-state index in [4.69, 9.17) is 4.74 Å². The van der Waals surface area contributed by atoms with E-state index >= 15 is 0 Å². The third kappa shape index (κ3) is 3.76. The van der Waals surface area contributed by atoms with Crippen molar-refractivity contribution in [1.29, 1.82) is 0 Å². The van der Waals surface area contributed by atoms with Crippen LogP contribution in [0.4, 0.5) is 11.4 Å². The number of aryl methyl sites for hydroxylation is 2. The fourth-order valence-corrected chi connectivity index (χ4v) is 5.03. The molecule has 2 aliphatic rings. The van der Waals surface area contributed by atoms with E-state index in [-0.39, 0.29) is 12.1 Å². The van der Waals surface area contributed by atoms with E-state index in [1.165, 1.54) is 22.5 Å². The van der Waals surface area contributed by atoms with Crippen molar-refractivity contribution < 1.29 is 9.84 Å². The van der Waals surface area contributed by atoms with Crippen LogP contribution in [0.1, 0.15) is 36.0 Å². The van der Waals surface area contributed by atoms with Crippen LogP contribution in [0.3, 0.4) is 0 Å². The van der Waals surface area contributed by atoms with Crippen molar-refractivity contribution in [2.45, 2.75) is 57.0 Å². The number of aliphatic hydroxyl groups excluding tert-OH is 1. The number of hydrogen-bond acceptors (Lipinski definition) is 3. The summed E-state index contributed by atoms with van der Waals surface area (Å²) in [5, 5.41) is 11.4. The van der Waals surface area contributed by atoms with E-state index in [1.807, 2.05) is 18.2 Å². The number of nitrogens with zero attached hydrogens (tertiary/aromatic N) is 1. The Bertz CT molecular complexity index is 939. The van der Waals surface area contributed by atoms with Gasteiger partial charge in [0, 0.05) is 11.4 Å². The molecule has 0 radical (unpaired) electrons. The van der Waals surface area contributed by atoms with E-state index in [0.717, 1.165) is 37.7 Å². The van der Waals surface area contributed by atoms with Crippen LogP contribution >= 0.6 is 0 Å². The number of rotatable bonds is 4. The first-order valence-corrected chi connectivity index (χ1v) is 11.1. The minimum absolute atomic E-state index is 0.0138. The van der Waals surface area contributed by atoms with Gasteiger partial charge in [0.2, 0.25) is 0 Å². The number of fused-ring (bicyclic) bond motifs is 2. The highest BCUT2D eigenvalue weighted by Crippen LogP contribution is 2.41. The molecule has 0 spiro atoms. The van der Waals surface area contributed by atoms with Crippen LogP contribution in [-0.2, 0) is 24.2 Å². The smallest absolute Gasteiger partial charge is 0.101 e. The van der Waals surface area contributed by atoms with Gasteiger partial charge in [0.25, 0.3) is 0 Å². The fraction of sp³-hybridized carbons (Fsp3) is 0.333. The Morgan fingerprint density at radius 3 is 2.03 bits per heavy atom. The number of ether oxygens (including phenoxy) is 1. The van der Waals surface area contributed by atoms with Gasteiger partial charge in [0.05, 0.1) is 18.8 Å². The minimum atomic E-state index is -0.526. The molecule has 154 valence electrons. The molecule has 1 aliphatic carbocycles. The molecule has 1 saturated carbocycles. The molecular weight excluding hydrogens is 370 g/mol. The number of aliphatic hydroxyl groups is 1. The summed E-state index contributed by atoms with van der Waals surface area (Å²) in [5.41, 5.74) is 6.32. The summed E-state index contributed by atoms with van der Waals surface area (Å²) in [6.45, 7) is 0.544. The lowest BCUT2D eigenvalue weighted by atomic mass is 9.87. The first-order valence-electron chi connectivity index (χ1n) is 11.1. The van der Waals surface area contributed by atoms with Gasteiger partial charge in [0.1, 0.15) is 6.10 Å². The summed E-state index contributed by atoms with van der Waals surface area (Å²) >= 11 is 0. The molecular formula is C27H29NO2. The molecule has 3 aromatic rings. The van der Waals surface area contributed by atoms with Crippen molar-refractivity contribution in [3.05, 3.63) is 95.6 Å². The second kappa shape index (κ2) is 8.63. The van der Waals surface area contributed by atoms with Gasteiger partial charge in [0.15, 0.2) is 0 Å². The minimum Gasteiger partial charge on any atom is -0.388 e. The molecule has 3 atom stereocenters. The van der Waals surface area contributed by atoms with Crippen molar-refractivity contribution in [1.82, 2.24) is 0 Å². The molecule has 0 saturated heterocycles. The molecule has 3 heteroatoms. The van der Waals surface area contributed by atoms with Crippen molar-refractivity contribution in [3.8, 4) is 0 Å².